The number of carbonyl (C=O) groups is 1. The van der Waals surface area contributed by atoms with E-state index < -0.39 is 0 Å². The van der Waals surface area contributed by atoms with Crippen LogP contribution >= 0.6 is 11.8 Å². The average Bonchev–Trinajstić information content (AvgIpc) is 2.58. The zero-order valence-corrected chi connectivity index (χ0v) is 16.9. The van der Waals surface area contributed by atoms with E-state index in [1.54, 1.807) is 0 Å². The van der Waals surface area contributed by atoms with E-state index in [2.05, 4.69) is 6.92 Å². The van der Waals surface area contributed by atoms with Gasteiger partial charge in [0.25, 0.3) is 0 Å². The molecule has 0 aliphatic heterocycles. The molecular weight excluding hydrogens is 320 g/mol. The van der Waals surface area contributed by atoms with Gasteiger partial charge in [-0.3, -0.25) is 4.79 Å². The summed E-state index contributed by atoms with van der Waals surface area (Å²) in [5, 5.41) is 9.91. The third kappa shape index (κ3) is 18.1. The molecule has 144 valence electrons. The Kier molecular flexibility index (Phi) is 18.9. The summed E-state index contributed by atoms with van der Waals surface area (Å²) in [6.45, 7) is 2.22. The highest BCUT2D eigenvalue weighted by atomic mass is 32.2. The van der Waals surface area contributed by atoms with Crippen molar-refractivity contribution in [1.29, 1.82) is 0 Å². The van der Waals surface area contributed by atoms with Crippen molar-refractivity contribution in [2.75, 3.05) is 12.2 Å². The Labute approximate surface area is 154 Å². The van der Waals surface area contributed by atoms with Crippen molar-refractivity contribution in [3.63, 3.8) is 0 Å². The van der Waals surface area contributed by atoms with Gasteiger partial charge in [0.1, 0.15) is 5.94 Å². The van der Waals surface area contributed by atoms with Gasteiger partial charge in [-0.2, -0.15) is 0 Å². The first-order chi connectivity index (χ1) is 11.7. The van der Waals surface area contributed by atoms with Crippen LogP contribution < -0.4 is 0 Å². The molecule has 3 nitrogen and oxygen atoms in total. The SMILES string of the molecule is CCCCCCC(O)CCCCCCCCCCC(=O)OCSC. The molecule has 0 aliphatic rings. The standard InChI is InChI=1S/C20H40O3S/c1-3-4-5-12-15-19(21)16-13-10-8-6-7-9-11-14-17-20(22)23-18-24-2/h19,21H,3-18H2,1-2H3. The molecule has 0 saturated carbocycles. The van der Waals surface area contributed by atoms with Crippen molar-refractivity contribution in [1.82, 2.24) is 0 Å². The van der Waals surface area contributed by atoms with Gasteiger partial charge in [-0.25, -0.2) is 0 Å². The molecule has 1 atom stereocenters. The molecule has 0 aromatic heterocycles. The van der Waals surface area contributed by atoms with Crippen LogP contribution in [-0.2, 0) is 9.53 Å². The maximum atomic E-state index is 11.3. The predicted molar refractivity (Wildman–Crippen MR) is 105 cm³/mol. The van der Waals surface area contributed by atoms with E-state index in [0.717, 1.165) is 32.1 Å². The minimum atomic E-state index is -0.0762. The lowest BCUT2D eigenvalue weighted by molar-refractivity contribution is -0.141. The summed E-state index contributed by atoms with van der Waals surface area (Å²) < 4.78 is 5.02. The number of carbonyl (C=O) groups excluding carboxylic acids is 1. The molecular formula is C20H40O3S. The average molecular weight is 361 g/mol. The van der Waals surface area contributed by atoms with Crippen LogP contribution in [0.3, 0.4) is 0 Å². The number of hydrogen-bond donors (Lipinski definition) is 1. The van der Waals surface area contributed by atoms with Crippen LogP contribution in [0.2, 0.25) is 0 Å². The predicted octanol–water partition coefficient (Wildman–Crippen LogP) is 6.08. The number of unbranched alkanes of at least 4 members (excludes halogenated alkanes) is 10. The number of ether oxygens (including phenoxy) is 1. The molecule has 24 heavy (non-hydrogen) atoms. The molecule has 1 unspecified atom stereocenters. The summed E-state index contributed by atoms with van der Waals surface area (Å²) in [4.78, 5) is 11.3. The molecule has 0 spiro atoms. The third-order valence-corrected chi connectivity index (χ3v) is 4.75. The fraction of sp³-hybridized carbons (Fsp3) is 0.950. The minimum Gasteiger partial charge on any atom is -0.455 e. The van der Waals surface area contributed by atoms with E-state index in [1.165, 1.54) is 69.5 Å². The minimum absolute atomic E-state index is 0.0578. The molecule has 0 rings (SSSR count). The summed E-state index contributed by atoms with van der Waals surface area (Å²) in [6, 6.07) is 0. The number of aliphatic hydroxyl groups excluding tert-OH is 1. The monoisotopic (exact) mass is 360 g/mol. The van der Waals surface area contributed by atoms with E-state index in [-0.39, 0.29) is 12.1 Å². The van der Waals surface area contributed by atoms with Gasteiger partial charge in [-0.1, -0.05) is 77.6 Å². The maximum Gasteiger partial charge on any atom is 0.306 e. The third-order valence-electron chi connectivity index (χ3n) is 4.40. The van der Waals surface area contributed by atoms with Gasteiger partial charge < -0.3 is 9.84 Å². The summed E-state index contributed by atoms with van der Waals surface area (Å²) in [6.07, 6.45) is 18.9. The highest BCUT2D eigenvalue weighted by molar-refractivity contribution is 7.98. The second kappa shape index (κ2) is 19.1. The Morgan fingerprint density at radius 3 is 1.92 bits per heavy atom. The molecule has 0 aromatic carbocycles. The number of rotatable bonds is 18. The van der Waals surface area contributed by atoms with Crippen molar-refractivity contribution < 1.29 is 14.6 Å². The number of thioether (sulfide) groups is 1. The summed E-state index contributed by atoms with van der Waals surface area (Å²) in [5.41, 5.74) is 0. The second-order valence-corrected chi connectivity index (χ2v) is 7.61. The normalized spacial score (nSPS) is 12.3. The van der Waals surface area contributed by atoms with E-state index in [0.29, 0.717) is 12.4 Å². The smallest absolute Gasteiger partial charge is 0.306 e. The van der Waals surface area contributed by atoms with Crippen molar-refractivity contribution in [3.8, 4) is 0 Å². The van der Waals surface area contributed by atoms with Gasteiger partial charge >= 0.3 is 5.97 Å². The van der Waals surface area contributed by atoms with Crippen LogP contribution in [0.1, 0.15) is 103 Å². The molecule has 0 saturated heterocycles. The van der Waals surface area contributed by atoms with Crippen LogP contribution in [0.25, 0.3) is 0 Å². The van der Waals surface area contributed by atoms with E-state index in [1.807, 2.05) is 6.26 Å². The first kappa shape index (κ1) is 23.8. The fourth-order valence-corrected chi connectivity index (χ4v) is 3.11. The van der Waals surface area contributed by atoms with Gasteiger partial charge in [0.2, 0.25) is 0 Å². The maximum absolute atomic E-state index is 11.3. The first-order valence-corrected chi connectivity index (χ1v) is 11.4. The van der Waals surface area contributed by atoms with Crippen LogP contribution in [0, 0.1) is 0 Å². The molecule has 0 aliphatic carbocycles. The quantitative estimate of drug-likeness (QED) is 0.183. The lowest BCUT2D eigenvalue weighted by atomic mass is 10.0. The second-order valence-electron chi connectivity index (χ2n) is 6.79. The number of hydrogen-bond acceptors (Lipinski definition) is 4. The van der Waals surface area contributed by atoms with Crippen molar-refractivity contribution in [3.05, 3.63) is 0 Å². The lowest BCUT2D eigenvalue weighted by Gasteiger charge is -2.10. The Hall–Kier alpha value is -0.220. The molecule has 4 heteroatoms. The Bertz CT molecular complexity index is 272. The molecule has 1 N–H and O–H groups in total. The fourth-order valence-electron chi connectivity index (χ4n) is 2.86. The Balaban J connectivity index is 3.18. The van der Waals surface area contributed by atoms with Crippen LogP contribution in [-0.4, -0.2) is 29.4 Å². The van der Waals surface area contributed by atoms with Gasteiger partial charge in [0.15, 0.2) is 0 Å². The summed E-state index contributed by atoms with van der Waals surface area (Å²) in [7, 11) is 0. The van der Waals surface area contributed by atoms with E-state index in [9.17, 15) is 9.90 Å². The molecule has 0 fully saturated rings. The van der Waals surface area contributed by atoms with Gasteiger partial charge in [0, 0.05) is 6.42 Å². The summed E-state index contributed by atoms with van der Waals surface area (Å²) in [5.74, 6) is 0.421. The number of aliphatic hydroxyl groups is 1. The first-order valence-electron chi connectivity index (χ1n) is 10.0. The van der Waals surface area contributed by atoms with Crippen molar-refractivity contribution >= 4 is 17.7 Å². The van der Waals surface area contributed by atoms with Crippen molar-refractivity contribution in [2.24, 2.45) is 0 Å². The van der Waals surface area contributed by atoms with Gasteiger partial charge in [-0.15, -0.1) is 11.8 Å². The molecule has 0 amide bonds. The van der Waals surface area contributed by atoms with Crippen LogP contribution in [0.4, 0.5) is 0 Å². The lowest BCUT2D eigenvalue weighted by Crippen LogP contribution is -2.05. The van der Waals surface area contributed by atoms with Crippen LogP contribution in [0.5, 0.6) is 0 Å². The molecule has 0 bridgehead atoms. The van der Waals surface area contributed by atoms with E-state index >= 15 is 0 Å². The van der Waals surface area contributed by atoms with Gasteiger partial charge in [0.05, 0.1) is 6.10 Å². The highest BCUT2D eigenvalue weighted by Crippen LogP contribution is 2.14. The Morgan fingerprint density at radius 1 is 0.875 bits per heavy atom. The Morgan fingerprint density at radius 2 is 1.38 bits per heavy atom. The molecule has 0 aromatic rings. The topological polar surface area (TPSA) is 46.5 Å². The molecule has 0 radical (unpaired) electrons. The van der Waals surface area contributed by atoms with E-state index in [4.69, 9.17) is 4.74 Å². The highest BCUT2D eigenvalue weighted by Gasteiger charge is 2.04. The number of esters is 1. The largest absolute Gasteiger partial charge is 0.455 e. The zero-order chi connectivity index (χ0) is 17.9. The molecule has 0 heterocycles. The zero-order valence-electron chi connectivity index (χ0n) is 16.1. The van der Waals surface area contributed by atoms with Crippen molar-refractivity contribution in [2.45, 2.75) is 109 Å². The van der Waals surface area contributed by atoms with Crippen LogP contribution in [0.15, 0.2) is 0 Å². The van der Waals surface area contributed by atoms with Gasteiger partial charge in [-0.05, 0) is 25.5 Å². The summed E-state index contributed by atoms with van der Waals surface area (Å²) >= 11 is 1.54.